The van der Waals surface area contributed by atoms with E-state index in [1.807, 2.05) is 18.2 Å². The van der Waals surface area contributed by atoms with Crippen LogP contribution in [0.2, 0.25) is 0 Å². The molecule has 0 aliphatic carbocycles. The molecular weight excluding hydrogens is 230 g/mol. The van der Waals surface area contributed by atoms with Gasteiger partial charge in [-0.1, -0.05) is 24.3 Å². The summed E-state index contributed by atoms with van der Waals surface area (Å²) in [4.78, 5) is 16.0. The quantitative estimate of drug-likeness (QED) is 0.708. The van der Waals surface area contributed by atoms with Crippen LogP contribution in [0.25, 0.3) is 22.4 Å². The van der Waals surface area contributed by atoms with Gasteiger partial charge in [-0.3, -0.25) is 0 Å². The lowest BCUT2D eigenvalue weighted by Crippen LogP contribution is -2.02. The lowest BCUT2D eigenvalue weighted by Gasteiger charge is -2.02. The van der Waals surface area contributed by atoms with E-state index in [9.17, 15) is 9.90 Å². The van der Waals surface area contributed by atoms with Crippen LogP contribution in [0.1, 0.15) is 0 Å². The van der Waals surface area contributed by atoms with Crippen molar-refractivity contribution in [1.29, 1.82) is 0 Å². The van der Waals surface area contributed by atoms with Crippen LogP contribution < -0.4 is 5.63 Å². The summed E-state index contributed by atoms with van der Waals surface area (Å²) in [5.41, 5.74) is 0.446. The van der Waals surface area contributed by atoms with Crippen LogP contribution in [0, 0.1) is 0 Å². The summed E-state index contributed by atoms with van der Waals surface area (Å²) in [5, 5.41) is 10.00. The Bertz CT molecular complexity index is 763. The zero-order valence-corrected chi connectivity index (χ0v) is 9.33. The molecule has 0 aliphatic rings. The van der Waals surface area contributed by atoms with Crippen molar-refractivity contribution in [1.82, 2.24) is 4.98 Å². The van der Waals surface area contributed by atoms with E-state index in [4.69, 9.17) is 4.42 Å². The van der Waals surface area contributed by atoms with Gasteiger partial charge in [0.15, 0.2) is 0 Å². The van der Waals surface area contributed by atoms with Crippen LogP contribution in [-0.2, 0) is 0 Å². The molecule has 0 bridgehead atoms. The van der Waals surface area contributed by atoms with E-state index in [1.165, 1.54) is 6.07 Å². The van der Waals surface area contributed by atoms with Gasteiger partial charge in [-0.05, 0) is 24.3 Å². The van der Waals surface area contributed by atoms with Gasteiger partial charge in [0.25, 0.3) is 0 Å². The molecule has 0 fully saturated rings. The normalized spacial score (nSPS) is 10.7. The highest BCUT2D eigenvalue weighted by Gasteiger charge is 2.10. The summed E-state index contributed by atoms with van der Waals surface area (Å²) in [6.45, 7) is 0. The lowest BCUT2D eigenvalue weighted by molar-refractivity contribution is 0.476. The zero-order chi connectivity index (χ0) is 12.5. The molecule has 1 N–H and O–H groups in total. The van der Waals surface area contributed by atoms with Gasteiger partial charge in [0, 0.05) is 5.56 Å². The highest BCUT2D eigenvalue weighted by atomic mass is 16.4. The average molecular weight is 239 g/mol. The third-order valence-electron chi connectivity index (χ3n) is 2.66. The minimum absolute atomic E-state index is 0.0300. The smallest absolute Gasteiger partial charge is 0.347 e. The number of aromatic hydroxyl groups is 1. The number of phenolic OH excluding ortho intramolecular Hbond substituents is 1. The van der Waals surface area contributed by atoms with E-state index in [2.05, 4.69) is 4.98 Å². The van der Waals surface area contributed by atoms with Crippen LogP contribution in [0.15, 0.2) is 57.7 Å². The largest absolute Gasteiger partial charge is 0.506 e. The highest BCUT2D eigenvalue weighted by molar-refractivity contribution is 5.84. The zero-order valence-electron chi connectivity index (χ0n) is 9.33. The van der Waals surface area contributed by atoms with Crippen molar-refractivity contribution in [2.45, 2.75) is 0 Å². The van der Waals surface area contributed by atoms with Gasteiger partial charge < -0.3 is 9.52 Å². The van der Waals surface area contributed by atoms with Crippen molar-refractivity contribution in [2.24, 2.45) is 0 Å². The van der Waals surface area contributed by atoms with Crippen LogP contribution >= 0.6 is 0 Å². The fraction of sp³-hybridized carbons (Fsp3) is 0. The first kappa shape index (κ1) is 10.5. The highest BCUT2D eigenvalue weighted by Crippen LogP contribution is 2.23. The predicted octanol–water partition coefficient (Wildman–Crippen LogP) is 2.56. The minimum Gasteiger partial charge on any atom is -0.506 e. The molecule has 1 heterocycles. The van der Waals surface area contributed by atoms with Crippen molar-refractivity contribution < 1.29 is 9.52 Å². The summed E-state index contributed by atoms with van der Waals surface area (Å²) in [5.74, 6) is 0.173. The van der Waals surface area contributed by atoms with E-state index < -0.39 is 5.63 Å². The van der Waals surface area contributed by atoms with Crippen LogP contribution in [0.5, 0.6) is 5.75 Å². The Kier molecular flexibility index (Phi) is 2.34. The minimum atomic E-state index is -0.505. The Labute approximate surface area is 102 Å². The van der Waals surface area contributed by atoms with Crippen LogP contribution in [0.3, 0.4) is 0 Å². The molecule has 0 radical (unpaired) electrons. The maximum atomic E-state index is 11.8. The van der Waals surface area contributed by atoms with E-state index in [1.54, 1.807) is 24.3 Å². The summed E-state index contributed by atoms with van der Waals surface area (Å²) in [6, 6.07) is 13.7. The number of rotatable bonds is 1. The lowest BCUT2D eigenvalue weighted by atomic mass is 10.2. The van der Waals surface area contributed by atoms with E-state index in [0.29, 0.717) is 5.56 Å². The molecule has 0 aliphatic heterocycles. The fourth-order valence-electron chi connectivity index (χ4n) is 1.78. The second-order valence-corrected chi connectivity index (χ2v) is 3.85. The van der Waals surface area contributed by atoms with Gasteiger partial charge in [-0.2, -0.15) is 0 Å². The standard InChI is InChI=1S/C14H9NO3/c16-11-8-4-7-10-12(11)15-13(18-14(10)17)9-5-2-1-3-6-9/h1-8,16H. The molecule has 0 saturated heterocycles. The van der Waals surface area contributed by atoms with Gasteiger partial charge >= 0.3 is 5.63 Å². The van der Waals surface area contributed by atoms with E-state index in [0.717, 1.165) is 0 Å². The van der Waals surface area contributed by atoms with Gasteiger partial charge in [0.05, 0.1) is 5.39 Å². The Morgan fingerprint density at radius 3 is 2.56 bits per heavy atom. The fourth-order valence-corrected chi connectivity index (χ4v) is 1.78. The Hall–Kier alpha value is -2.62. The van der Waals surface area contributed by atoms with Gasteiger partial charge in [0.1, 0.15) is 11.3 Å². The average Bonchev–Trinajstić information content (AvgIpc) is 2.41. The number of hydrogen-bond acceptors (Lipinski definition) is 4. The van der Waals surface area contributed by atoms with Gasteiger partial charge in [-0.25, -0.2) is 9.78 Å². The van der Waals surface area contributed by atoms with Crippen molar-refractivity contribution >= 4 is 10.9 Å². The molecule has 0 amide bonds. The summed E-state index contributed by atoms with van der Waals surface area (Å²) in [6.07, 6.45) is 0. The Balaban J connectivity index is 2.34. The molecule has 4 nitrogen and oxygen atoms in total. The molecule has 0 saturated carbocycles. The molecule has 4 heteroatoms. The van der Waals surface area contributed by atoms with Crippen molar-refractivity contribution in [3.63, 3.8) is 0 Å². The summed E-state index contributed by atoms with van der Waals surface area (Å²) in [7, 11) is 0. The van der Waals surface area contributed by atoms with E-state index >= 15 is 0 Å². The topological polar surface area (TPSA) is 63.3 Å². The summed E-state index contributed by atoms with van der Waals surface area (Å²) >= 11 is 0. The van der Waals surface area contributed by atoms with Crippen molar-refractivity contribution in [3.8, 4) is 17.2 Å². The number of phenols is 1. The second-order valence-electron chi connectivity index (χ2n) is 3.85. The number of fused-ring (bicyclic) bond motifs is 1. The number of benzene rings is 2. The third-order valence-corrected chi connectivity index (χ3v) is 2.66. The monoisotopic (exact) mass is 239 g/mol. The first-order chi connectivity index (χ1) is 8.75. The molecule has 88 valence electrons. The van der Waals surface area contributed by atoms with Crippen molar-refractivity contribution in [2.75, 3.05) is 0 Å². The Morgan fingerprint density at radius 2 is 1.78 bits per heavy atom. The molecule has 1 aromatic heterocycles. The van der Waals surface area contributed by atoms with Gasteiger partial charge in [0.2, 0.25) is 5.89 Å². The first-order valence-corrected chi connectivity index (χ1v) is 5.44. The van der Waals surface area contributed by atoms with Crippen molar-refractivity contribution in [3.05, 3.63) is 59.0 Å². The molecule has 3 aromatic rings. The molecule has 0 unspecified atom stereocenters. The molecule has 0 atom stereocenters. The number of nitrogens with zero attached hydrogens (tertiary/aromatic N) is 1. The van der Waals surface area contributed by atoms with Gasteiger partial charge in [-0.15, -0.1) is 0 Å². The third kappa shape index (κ3) is 1.64. The molecule has 2 aromatic carbocycles. The second kappa shape index (κ2) is 4.00. The van der Waals surface area contributed by atoms with E-state index in [-0.39, 0.29) is 22.5 Å². The maximum Gasteiger partial charge on any atom is 0.347 e. The summed E-state index contributed by atoms with van der Waals surface area (Å²) < 4.78 is 5.15. The maximum absolute atomic E-state index is 11.8. The van der Waals surface area contributed by atoms with Crippen LogP contribution in [-0.4, -0.2) is 10.1 Å². The predicted molar refractivity (Wildman–Crippen MR) is 67.4 cm³/mol. The number of aromatic nitrogens is 1. The Morgan fingerprint density at radius 1 is 1.00 bits per heavy atom. The molecule has 18 heavy (non-hydrogen) atoms. The first-order valence-electron chi connectivity index (χ1n) is 5.44. The molecule has 3 rings (SSSR count). The SMILES string of the molecule is O=c1oc(-c2ccccc2)nc2c(O)cccc12. The van der Waals surface area contributed by atoms with Crippen LogP contribution in [0.4, 0.5) is 0 Å². The number of hydrogen-bond donors (Lipinski definition) is 1. The molecule has 0 spiro atoms. The molecular formula is C14H9NO3. The number of para-hydroxylation sites is 1.